The summed E-state index contributed by atoms with van der Waals surface area (Å²) >= 11 is 0. The second kappa shape index (κ2) is 21.9. The van der Waals surface area contributed by atoms with Gasteiger partial charge in [-0.25, -0.2) is 0 Å². The van der Waals surface area contributed by atoms with Gasteiger partial charge in [-0.1, -0.05) is 71.4 Å². The average molecular weight is 460 g/mol. The van der Waals surface area contributed by atoms with E-state index < -0.39 is 5.91 Å². The molecule has 2 amide bonds. The van der Waals surface area contributed by atoms with E-state index in [9.17, 15) is 9.59 Å². The fourth-order valence-corrected chi connectivity index (χ4v) is 3.00. The first-order valence-corrected chi connectivity index (χ1v) is 11.7. The Morgan fingerprint density at radius 2 is 1.16 bits per heavy atom. The van der Waals surface area contributed by atoms with Gasteiger partial charge in [0.15, 0.2) is 0 Å². The lowest BCUT2D eigenvalue weighted by Gasteiger charge is -2.30. The molecular weight excluding hydrogens is 410 g/mol. The standard InChI is InChI=1S/C21H42N2O.C4H7NO.ClH/c1-6-7-8-9-10-11-12-13-14-15-18-23(4,5)19-16-17-22-21(24)20(2)3;1-3(2)4(5)6;/h2,6-19H2,1,3-5H3;1H2,2H3,(H2,5,6);1H. The molecule has 0 atom stereocenters. The van der Waals surface area contributed by atoms with Crippen LogP contribution in [0.3, 0.4) is 0 Å². The largest absolute Gasteiger partial charge is 1.00 e. The highest BCUT2D eigenvalue weighted by molar-refractivity contribution is 5.92. The zero-order valence-electron chi connectivity index (χ0n) is 21.0. The van der Waals surface area contributed by atoms with Gasteiger partial charge in [0, 0.05) is 24.1 Å². The van der Waals surface area contributed by atoms with Gasteiger partial charge in [0.25, 0.3) is 0 Å². The van der Waals surface area contributed by atoms with E-state index in [4.69, 9.17) is 5.73 Å². The van der Waals surface area contributed by atoms with Crippen LogP contribution in [0, 0.1) is 0 Å². The van der Waals surface area contributed by atoms with Crippen molar-refractivity contribution in [1.29, 1.82) is 0 Å². The summed E-state index contributed by atoms with van der Waals surface area (Å²) in [4.78, 5) is 21.2. The molecule has 5 nitrogen and oxygen atoms in total. The van der Waals surface area contributed by atoms with Crippen molar-refractivity contribution in [1.82, 2.24) is 5.32 Å². The zero-order chi connectivity index (χ0) is 23.4. The third-order valence-electron chi connectivity index (χ3n) is 5.15. The highest BCUT2D eigenvalue weighted by Gasteiger charge is 2.14. The number of carbonyl (C=O) groups is 2. The van der Waals surface area contributed by atoms with Gasteiger partial charge in [-0.3, -0.25) is 9.59 Å². The van der Waals surface area contributed by atoms with Crippen LogP contribution in [0.1, 0.15) is 91.4 Å². The number of nitrogens with one attached hydrogen (secondary N) is 1. The molecule has 0 aromatic rings. The smallest absolute Gasteiger partial charge is 0.246 e. The van der Waals surface area contributed by atoms with Gasteiger partial charge in [0.2, 0.25) is 11.8 Å². The Morgan fingerprint density at radius 3 is 1.55 bits per heavy atom. The maximum absolute atomic E-state index is 11.4. The lowest BCUT2D eigenvalue weighted by molar-refractivity contribution is -0.890. The lowest BCUT2D eigenvalue weighted by Crippen LogP contribution is -3.00. The summed E-state index contributed by atoms with van der Waals surface area (Å²) in [5, 5.41) is 2.91. The Labute approximate surface area is 198 Å². The van der Waals surface area contributed by atoms with E-state index in [1.807, 2.05) is 0 Å². The maximum Gasteiger partial charge on any atom is 0.246 e. The summed E-state index contributed by atoms with van der Waals surface area (Å²) in [6.07, 6.45) is 15.0. The molecule has 0 aliphatic heterocycles. The Bertz CT molecular complexity index is 493. The first-order valence-electron chi connectivity index (χ1n) is 11.7. The topological polar surface area (TPSA) is 72.2 Å². The van der Waals surface area contributed by atoms with Crippen molar-refractivity contribution in [3.05, 3.63) is 24.3 Å². The summed E-state index contributed by atoms with van der Waals surface area (Å²) in [6.45, 7) is 15.6. The molecule has 0 bridgehead atoms. The molecule has 0 rings (SSSR count). The van der Waals surface area contributed by atoms with Gasteiger partial charge in [-0.15, -0.1) is 0 Å². The highest BCUT2D eigenvalue weighted by Crippen LogP contribution is 2.11. The van der Waals surface area contributed by atoms with E-state index >= 15 is 0 Å². The number of nitrogens with two attached hydrogens (primary N) is 1. The molecule has 0 spiro atoms. The van der Waals surface area contributed by atoms with E-state index in [-0.39, 0.29) is 18.3 Å². The first-order chi connectivity index (χ1) is 14.0. The molecule has 0 fully saturated rings. The summed E-state index contributed by atoms with van der Waals surface area (Å²) < 4.78 is 1.06. The fourth-order valence-electron chi connectivity index (χ4n) is 3.00. The predicted octanol–water partition coefficient (Wildman–Crippen LogP) is 2.12. The van der Waals surface area contributed by atoms with Crippen LogP contribution in [-0.4, -0.2) is 50.0 Å². The second-order valence-electron chi connectivity index (χ2n) is 9.10. The van der Waals surface area contributed by atoms with Gasteiger partial charge in [0.05, 0.1) is 27.2 Å². The van der Waals surface area contributed by atoms with Crippen molar-refractivity contribution >= 4 is 11.8 Å². The Balaban J connectivity index is -0.000000976. The number of nitrogens with zero attached hydrogens (tertiary/aromatic N) is 1. The number of unbranched alkanes of at least 4 members (excludes halogenated alkanes) is 9. The van der Waals surface area contributed by atoms with Crippen LogP contribution in [0.2, 0.25) is 0 Å². The lowest BCUT2D eigenvalue weighted by atomic mass is 10.1. The molecule has 31 heavy (non-hydrogen) atoms. The zero-order valence-corrected chi connectivity index (χ0v) is 21.8. The third-order valence-corrected chi connectivity index (χ3v) is 5.15. The normalized spacial score (nSPS) is 10.4. The summed E-state index contributed by atoms with van der Waals surface area (Å²) in [6, 6.07) is 0. The van der Waals surface area contributed by atoms with Crippen molar-refractivity contribution in [2.24, 2.45) is 5.73 Å². The van der Waals surface area contributed by atoms with Crippen LogP contribution in [0.15, 0.2) is 24.3 Å². The van der Waals surface area contributed by atoms with Crippen LogP contribution in [0.25, 0.3) is 0 Å². The van der Waals surface area contributed by atoms with Crippen LogP contribution < -0.4 is 23.5 Å². The van der Waals surface area contributed by atoms with Crippen molar-refractivity contribution in [2.45, 2.75) is 91.4 Å². The summed E-state index contributed by atoms with van der Waals surface area (Å²) in [5.41, 5.74) is 5.69. The first kappa shape index (κ1) is 34.3. The highest BCUT2D eigenvalue weighted by atomic mass is 35.5. The molecule has 184 valence electrons. The van der Waals surface area contributed by atoms with Gasteiger partial charge in [-0.2, -0.15) is 0 Å². The third kappa shape index (κ3) is 26.6. The number of amides is 2. The van der Waals surface area contributed by atoms with E-state index in [0.717, 1.165) is 24.0 Å². The molecule has 0 aromatic heterocycles. The van der Waals surface area contributed by atoms with Gasteiger partial charge in [-0.05, 0) is 26.7 Å². The van der Waals surface area contributed by atoms with Crippen LogP contribution >= 0.6 is 0 Å². The van der Waals surface area contributed by atoms with Gasteiger partial charge < -0.3 is 27.9 Å². The second-order valence-corrected chi connectivity index (χ2v) is 9.10. The SMILES string of the molecule is C=C(C)C(=O)NCCC[N+](C)(C)CCCCCCCCCCCC.C=C(C)C(N)=O.[Cl-]. The summed E-state index contributed by atoms with van der Waals surface area (Å²) in [5.74, 6) is -0.454. The number of hydrogen-bond acceptors (Lipinski definition) is 2. The van der Waals surface area contributed by atoms with Crippen LogP contribution in [0.5, 0.6) is 0 Å². The molecule has 6 heteroatoms. The Morgan fingerprint density at radius 1 is 0.774 bits per heavy atom. The van der Waals surface area contributed by atoms with Crippen LogP contribution in [-0.2, 0) is 9.59 Å². The minimum Gasteiger partial charge on any atom is -1.00 e. The molecule has 0 saturated carbocycles. The van der Waals surface area contributed by atoms with Crippen molar-refractivity contribution in [2.75, 3.05) is 33.7 Å². The molecule has 0 radical (unpaired) electrons. The molecule has 3 N–H and O–H groups in total. The summed E-state index contributed by atoms with van der Waals surface area (Å²) in [7, 11) is 4.60. The van der Waals surface area contributed by atoms with E-state index in [1.54, 1.807) is 13.8 Å². The van der Waals surface area contributed by atoms with E-state index in [0.29, 0.717) is 11.1 Å². The molecule has 0 aromatic carbocycles. The number of quaternary nitrogens is 1. The average Bonchev–Trinajstić information content (AvgIpc) is 2.66. The molecule has 0 aliphatic rings. The van der Waals surface area contributed by atoms with Crippen molar-refractivity contribution < 1.29 is 26.5 Å². The predicted molar refractivity (Wildman–Crippen MR) is 130 cm³/mol. The van der Waals surface area contributed by atoms with Crippen molar-refractivity contribution in [3.8, 4) is 0 Å². The van der Waals surface area contributed by atoms with Gasteiger partial charge in [0.1, 0.15) is 0 Å². The molecule has 0 heterocycles. The molecular formula is C25H50ClN3O2. The Hall–Kier alpha value is -1.33. The van der Waals surface area contributed by atoms with Crippen LogP contribution in [0.4, 0.5) is 0 Å². The maximum atomic E-state index is 11.4. The van der Waals surface area contributed by atoms with E-state index in [1.165, 1.54) is 70.8 Å². The van der Waals surface area contributed by atoms with Gasteiger partial charge >= 0.3 is 0 Å². The number of primary amides is 1. The minimum atomic E-state index is -0.435. The number of halogens is 1. The van der Waals surface area contributed by atoms with Crippen molar-refractivity contribution in [3.63, 3.8) is 0 Å². The molecule has 0 unspecified atom stereocenters. The number of hydrogen-bond donors (Lipinski definition) is 2. The monoisotopic (exact) mass is 459 g/mol. The quantitative estimate of drug-likeness (QED) is 0.198. The number of rotatable bonds is 17. The van der Waals surface area contributed by atoms with E-state index in [2.05, 4.69) is 39.5 Å². The molecule has 0 saturated heterocycles. The fraction of sp³-hybridized carbons (Fsp3) is 0.760. The minimum absolute atomic E-state index is 0. The Kier molecular flexibility index (Phi) is 24.2. The number of carbonyl (C=O) groups excluding carboxylic acids is 2. The molecule has 0 aliphatic carbocycles.